The molecule has 5 nitrogen and oxygen atoms in total. The third-order valence-electron chi connectivity index (χ3n) is 3.96. The number of hydrogen-bond acceptors (Lipinski definition) is 5. The molecule has 1 saturated carbocycles. The molecule has 0 radical (unpaired) electrons. The first-order valence-electron chi connectivity index (χ1n) is 8.07. The zero-order chi connectivity index (χ0) is 16.2. The van der Waals surface area contributed by atoms with E-state index < -0.39 is 0 Å². The number of rotatable bonds is 8. The van der Waals surface area contributed by atoms with Gasteiger partial charge in [-0.25, -0.2) is 0 Å². The molecule has 0 bridgehead atoms. The largest absolute Gasteiger partial charge is 0.493 e. The average Bonchev–Trinajstić information content (AvgIpc) is 3.30. The van der Waals surface area contributed by atoms with Crippen LogP contribution in [-0.2, 0) is 6.61 Å². The normalized spacial score (nSPS) is 14.2. The van der Waals surface area contributed by atoms with Gasteiger partial charge in [0.1, 0.15) is 12.4 Å². The zero-order valence-corrected chi connectivity index (χ0v) is 14.5. The van der Waals surface area contributed by atoms with Gasteiger partial charge in [0.25, 0.3) is 0 Å². The van der Waals surface area contributed by atoms with E-state index in [4.69, 9.17) is 4.74 Å². The van der Waals surface area contributed by atoms with Crippen molar-refractivity contribution < 1.29 is 9.84 Å². The molecule has 1 N–H and O–H groups in total. The van der Waals surface area contributed by atoms with E-state index in [1.165, 1.54) is 11.1 Å². The van der Waals surface area contributed by atoms with Crippen LogP contribution in [0.2, 0.25) is 0 Å². The van der Waals surface area contributed by atoms with Gasteiger partial charge < -0.3 is 14.4 Å². The lowest BCUT2D eigenvalue weighted by Crippen LogP contribution is -2.04. The van der Waals surface area contributed by atoms with Crippen LogP contribution in [0.25, 0.3) is 0 Å². The molecule has 1 aromatic carbocycles. The van der Waals surface area contributed by atoms with Gasteiger partial charge in [-0.3, -0.25) is 0 Å². The summed E-state index contributed by atoms with van der Waals surface area (Å²) in [5.74, 6) is 2.62. The van der Waals surface area contributed by atoms with Crippen molar-refractivity contribution >= 4 is 11.8 Å². The van der Waals surface area contributed by atoms with Crippen molar-refractivity contribution in [2.45, 2.75) is 50.9 Å². The van der Waals surface area contributed by atoms with Crippen molar-refractivity contribution in [1.82, 2.24) is 14.8 Å². The summed E-state index contributed by atoms with van der Waals surface area (Å²) in [5.41, 5.74) is 2.36. The van der Waals surface area contributed by atoms with Crippen LogP contribution in [0.5, 0.6) is 5.75 Å². The molecule has 23 heavy (non-hydrogen) atoms. The number of hydrogen-bond donors (Lipinski definition) is 1. The van der Waals surface area contributed by atoms with Gasteiger partial charge >= 0.3 is 0 Å². The lowest BCUT2D eigenvalue weighted by Gasteiger charge is -2.11. The molecule has 1 aliphatic rings. The summed E-state index contributed by atoms with van der Waals surface area (Å²) in [7, 11) is 0. The summed E-state index contributed by atoms with van der Waals surface area (Å²) in [5, 5.41) is 18.5. The highest BCUT2D eigenvalue weighted by Crippen LogP contribution is 2.38. The molecule has 0 amide bonds. The molecule has 0 saturated heterocycles. The maximum absolute atomic E-state index is 9.34. The Balaban J connectivity index is 1.48. The van der Waals surface area contributed by atoms with Crippen molar-refractivity contribution in [3.8, 4) is 5.75 Å². The smallest absolute Gasteiger partial charge is 0.191 e. The van der Waals surface area contributed by atoms with Gasteiger partial charge in [0, 0.05) is 11.8 Å². The fraction of sp³-hybridized carbons (Fsp3) is 0.529. The highest BCUT2D eigenvalue weighted by Gasteiger charge is 2.29. The minimum absolute atomic E-state index is 0.0419. The van der Waals surface area contributed by atoms with E-state index in [2.05, 4.69) is 46.8 Å². The van der Waals surface area contributed by atoms with Crippen LogP contribution in [0.3, 0.4) is 0 Å². The Kier molecular flexibility index (Phi) is 5.23. The summed E-state index contributed by atoms with van der Waals surface area (Å²) < 4.78 is 8.02. The van der Waals surface area contributed by atoms with Crippen molar-refractivity contribution in [2.75, 3.05) is 12.4 Å². The van der Waals surface area contributed by atoms with Crippen molar-refractivity contribution in [3.63, 3.8) is 0 Å². The minimum Gasteiger partial charge on any atom is -0.493 e. The number of aliphatic hydroxyl groups is 1. The Bertz CT molecular complexity index is 648. The van der Waals surface area contributed by atoms with Crippen LogP contribution in [0.4, 0.5) is 0 Å². The molecule has 0 spiro atoms. The molecular formula is C17H23N3O2S. The lowest BCUT2D eigenvalue weighted by atomic mass is 10.1. The van der Waals surface area contributed by atoms with Crippen LogP contribution in [0.1, 0.15) is 42.3 Å². The molecule has 0 unspecified atom stereocenters. The van der Waals surface area contributed by atoms with Gasteiger partial charge in [0.05, 0.1) is 6.61 Å². The van der Waals surface area contributed by atoms with E-state index in [9.17, 15) is 5.11 Å². The monoisotopic (exact) mass is 333 g/mol. The number of aliphatic hydroxyl groups excluding tert-OH is 1. The fourth-order valence-electron chi connectivity index (χ4n) is 2.64. The van der Waals surface area contributed by atoms with E-state index >= 15 is 0 Å². The van der Waals surface area contributed by atoms with Crippen molar-refractivity contribution in [2.24, 2.45) is 0 Å². The van der Waals surface area contributed by atoms with E-state index in [-0.39, 0.29) is 6.61 Å². The van der Waals surface area contributed by atoms with Gasteiger partial charge in [0.2, 0.25) is 0 Å². The highest BCUT2D eigenvalue weighted by atomic mass is 32.2. The maximum atomic E-state index is 9.34. The minimum atomic E-state index is -0.0419. The molecule has 2 aromatic rings. The van der Waals surface area contributed by atoms with E-state index in [1.54, 1.807) is 11.8 Å². The number of thioether (sulfide) groups is 1. The number of para-hydroxylation sites is 1. The van der Waals surface area contributed by atoms with Crippen LogP contribution in [0.15, 0.2) is 23.4 Å². The molecule has 1 heterocycles. The van der Waals surface area contributed by atoms with E-state index in [0.717, 1.165) is 35.9 Å². The molecule has 0 aliphatic heterocycles. The molecule has 1 fully saturated rings. The zero-order valence-electron chi connectivity index (χ0n) is 13.7. The van der Waals surface area contributed by atoms with E-state index in [0.29, 0.717) is 18.5 Å². The molecule has 0 atom stereocenters. The van der Waals surface area contributed by atoms with Crippen LogP contribution in [0, 0.1) is 13.8 Å². The lowest BCUT2D eigenvalue weighted by molar-refractivity contribution is 0.263. The third-order valence-corrected chi connectivity index (χ3v) is 4.99. The summed E-state index contributed by atoms with van der Waals surface area (Å²) in [6.45, 7) is 4.81. The van der Waals surface area contributed by atoms with Crippen LogP contribution in [-0.4, -0.2) is 32.2 Å². The summed E-state index contributed by atoms with van der Waals surface area (Å²) in [6, 6.07) is 6.69. The van der Waals surface area contributed by atoms with Crippen LogP contribution >= 0.6 is 11.8 Å². The van der Waals surface area contributed by atoms with Gasteiger partial charge in [-0.05, 0) is 44.2 Å². The first-order valence-corrected chi connectivity index (χ1v) is 9.05. The molecule has 1 aliphatic carbocycles. The van der Waals surface area contributed by atoms with Gasteiger partial charge in [-0.15, -0.1) is 10.2 Å². The summed E-state index contributed by atoms with van der Waals surface area (Å²) >= 11 is 1.69. The standard InChI is InChI=1S/C17H23N3O2S/c1-12-5-3-6-13(2)16(12)22-9-4-10-23-17-19-18-15(11-21)20(17)14-7-8-14/h3,5-6,14,21H,4,7-11H2,1-2H3. The number of aromatic nitrogens is 3. The first-order chi connectivity index (χ1) is 11.2. The molecule has 3 rings (SSSR count). The number of benzene rings is 1. The number of aryl methyl sites for hydroxylation is 2. The Morgan fingerprint density at radius 2 is 2.00 bits per heavy atom. The predicted molar refractivity (Wildman–Crippen MR) is 91.0 cm³/mol. The Morgan fingerprint density at radius 3 is 2.65 bits per heavy atom. The highest BCUT2D eigenvalue weighted by molar-refractivity contribution is 7.99. The average molecular weight is 333 g/mol. The predicted octanol–water partition coefficient (Wildman–Crippen LogP) is 3.28. The fourth-order valence-corrected chi connectivity index (χ4v) is 3.57. The Hall–Kier alpha value is -1.53. The topological polar surface area (TPSA) is 60.2 Å². The SMILES string of the molecule is Cc1cccc(C)c1OCCCSc1nnc(CO)n1C1CC1. The summed E-state index contributed by atoms with van der Waals surface area (Å²) in [4.78, 5) is 0. The second kappa shape index (κ2) is 7.36. The van der Waals surface area contributed by atoms with E-state index in [1.807, 2.05) is 0 Å². The molecule has 1 aromatic heterocycles. The second-order valence-corrected chi connectivity index (χ2v) is 6.99. The Labute approximate surface area is 141 Å². The molecule has 6 heteroatoms. The van der Waals surface area contributed by atoms with Gasteiger partial charge in [0.15, 0.2) is 11.0 Å². The summed E-state index contributed by atoms with van der Waals surface area (Å²) in [6.07, 6.45) is 3.27. The van der Waals surface area contributed by atoms with Crippen molar-refractivity contribution in [3.05, 3.63) is 35.2 Å². The maximum Gasteiger partial charge on any atom is 0.191 e. The molecular weight excluding hydrogens is 310 g/mol. The third kappa shape index (κ3) is 3.87. The van der Waals surface area contributed by atoms with Crippen LogP contribution < -0.4 is 4.74 Å². The first kappa shape index (κ1) is 16.3. The van der Waals surface area contributed by atoms with Gasteiger partial charge in [-0.1, -0.05) is 30.0 Å². The quantitative estimate of drug-likeness (QED) is 0.593. The number of ether oxygens (including phenoxy) is 1. The second-order valence-electron chi connectivity index (χ2n) is 5.93. The Morgan fingerprint density at radius 1 is 1.26 bits per heavy atom. The van der Waals surface area contributed by atoms with Crippen molar-refractivity contribution in [1.29, 1.82) is 0 Å². The molecule has 124 valence electrons. The number of nitrogens with zero attached hydrogens (tertiary/aromatic N) is 3. The van der Waals surface area contributed by atoms with Gasteiger partial charge in [-0.2, -0.15) is 0 Å².